The molecule has 0 aromatic heterocycles. The Morgan fingerprint density at radius 2 is 1.94 bits per heavy atom. The van der Waals surface area contributed by atoms with Gasteiger partial charge in [0.15, 0.2) is 0 Å². The molecule has 102 valence electrons. The van der Waals surface area contributed by atoms with Gasteiger partial charge in [-0.15, -0.1) is 0 Å². The number of hydrogen-bond acceptors (Lipinski definition) is 3. The topological polar surface area (TPSA) is 66.8 Å². The second-order valence-electron chi connectivity index (χ2n) is 5.29. The number of carboxylic acids is 1. The van der Waals surface area contributed by atoms with Crippen molar-refractivity contribution in [1.82, 2.24) is 0 Å². The molecule has 4 atom stereocenters. The maximum atomic E-state index is 10.3. The first-order chi connectivity index (χ1) is 8.72. The third-order valence-electron chi connectivity index (χ3n) is 4.14. The van der Waals surface area contributed by atoms with E-state index in [0.29, 0.717) is 24.4 Å². The van der Waals surface area contributed by atoms with Crippen LogP contribution in [0.1, 0.15) is 38.5 Å². The van der Waals surface area contributed by atoms with Crippen LogP contribution in [0.2, 0.25) is 0 Å². The van der Waals surface area contributed by atoms with Crippen molar-refractivity contribution in [2.24, 2.45) is 11.8 Å². The van der Waals surface area contributed by atoms with Gasteiger partial charge in [0.2, 0.25) is 0 Å². The van der Waals surface area contributed by atoms with E-state index in [9.17, 15) is 9.90 Å². The number of fused-ring (bicyclic) bond motifs is 2. The highest BCUT2D eigenvalue weighted by atomic mass is 16.5. The molecule has 0 aliphatic carbocycles. The van der Waals surface area contributed by atoms with E-state index in [1.165, 1.54) is 0 Å². The number of ether oxygens (including phenoxy) is 1. The minimum absolute atomic E-state index is 0.221. The lowest BCUT2D eigenvalue weighted by atomic mass is 9.78. The second kappa shape index (κ2) is 6.34. The zero-order valence-corrected chi connectivity index (χ0v) is 10.6. The Bertz CT molecular complexity index is 313. The molecule has 0 unspecified atom stereocenters. The van der Waals surface area contributed by atoms with Gasteiger partial charge in [-0.25, -0.2) is 0 Å². The van der Waals surface area contributed by atoms with Crippen LogP contribution in [0.3, 0.4) is 0 Å². The lowest BCUT2D eigenvalue weighted by Gasteiger charge is -2.25. The summed E-state index contributed by atoms with van der Waals surface area (Å²) in [6.45, 7) is 0.221. The first-order valence-electron chi connectivity index (χ1n) is 6.85. The maximum Gasteiger partial charge on any atom is 0.303 e. The minimum atomic E-state index is -0.731. The van der Waals surface area contributed by atoms with Crippen LogP contribution in [0.4, 0.5) is 0 Å². The number of hydrogen-bond donors (Lipinski definition) is 2. The van der Waals surface area contributed by atoms with Crippen LogP contribution in [0, 0.1) is 11.8 Å². The molecule has 2 fully saturated rings. The molecule has 2 rings (SSSR count). The van der Waals surface area contributed by atoms with Crippen LogP contribution >= 0.6 is 0 Å². The molecule has 2 aliphatic heterocycles. The van der Waals surface area contributed by atoms with Crippen molar-refractivity contribution < 1.29 is 19.7 Å². The normalized spacial score (nSPS) is 34.5. The van der Waals surface area contributed by atoms with Gasteiger partial charge in [0, 0.05) is 18.9 Å². The highest BCUT2D eigenvalue weighted by Crippen LogP contribution is 2.44. The molecule has 0 aromatic rings. The molecule has 4 nitrogen and oxygen atoms in total. The summed E-state index contributed by atoms with van der Waals surface area (Å²) >= 11 is 0. The quantitative estimate of drug-likeness (QED) is 0.538. The van der Waals surface area contributed by atoms with Gasteiger partial charge in [-0.3, -0.25) is 4.79 Å². The maximum absolute atomic E-state index is 10.3. The monoisotopic (exact) mass is 254 g/mol. The van der Waals surface area contributed by atoms with E-state index >= 15 is 0 Å². The minimum Gasteiger partial charge on any atom is -0.481 e. The SMILES string of the molecule is O=C(O)CCC/C=C\C[C@@H]1[C@H](CO)[C@H]2CC[C@@H]1O2. The standard InChI is InChI=1S/C14H22O4/c15-9-11-10(12-7-8-13(11)18-12)5-3-1-2-4-6-14(16)17/h1,3,10-13,15H,2,4-9H2,(H,16,17)/b3-1-/t10-,11+,12+,13-/m1/s1. The molecule has 0 radical (unpaired) electrons. The van der Waals surface area contributed by atoms with Crippen LogP contribution in [0.5, 0.6) is 0 Å². The van der Waals surface area contributed by atoms with Gasteiger partial charge in [-0.2, -0.15) is 0 Å². The largest absolute Gasteiger partial charge is 0.481 e. The Morgan fingerprint density at radius 1 is 1.22 bits per heavy atom. The molecule has 18 heavy (non-hydrogen) atoms. The number of rotatable bonds is 7. The molecule has 2 bridgehead atoms. The number of allylic oxidation sites excluding steroid dienone is 2. The van der Waals surface area contributed by atoms with Crippen LogP contribution in [-0.2, 0) is 9.53 Å². The van der Waals surface area contributed by atoms with E-state index in [1.54, 1.807) is 0 Å². The lowest BCUT2D eigenvalue weighted by Crippen LogP contribution is -2.29. The number of carboxylic acid groups (broad SMARTS) is 1. The van der Waals surface area contributed by atoms with Crippen molar-refractivity contribution in [2.75, 3.05) is 6.61 Å². The van der Waals surface area contributed by atoms with E-state index < -0.39 is 5.97 Å². The molecule has 0 saturated carbocycles. The smallest absolute Gasteiger partial charge is 0.303 e. The summed E-state index contributed by atoms with van der Waals surface area (Å²) in [7, 11) is 0. The molecule has 2 aliphatic rings. The van der Waals surface area contributed by atoms with Crippen LogP contribution in [-0.4, -0.2) is 35.0 Å². The molecule has 0 amide bonds. The Morgan fingerprint density at radius 3 is 2.61 bits per heavy atom. The van der Waals surface area contributed by atoms with E-state index in [4.69, 9.17) is 9.84 Å². The van der Waals surface area contributed by atoms with Crippen molar-refractivity contribution in [2.45, 2.75) is 50.7 Å². The third-order valence-corrected chi connectivity index (χ3v) is 4.14. The summed E-state index contributed by atoms with van der Waals surface area (Å²) in [5, 5.41) is 17.9. The van der Waals surface area contributed by atoms with Crippen molar-refractivity contribution in [3.8, 4) is 0 Å². The zero-order chi connectivity index (χ0) is 13.0. The summed E-state index contributed by atoms with van der Waals surface area (Å²) in [5.74, 6) is 0.0159. The molecule has 0 aromatic carbocycles. The number of aliphatic carboxylic acids is 1. The van der Waals surface area contributed by atoms with Gasteiger partial charge >= 0.3 is 5.97 Å². The molecule has 2 saturated heterocycles. The number of carbonyl (C=O) groups is 1. The van der Waals surface area contributed by atoms with E-state index in [-0.39, 0.29) is 19.1 Å². The summed E-state index contributed by atoms with van der Waals surface area (Å²) in [5.41, 5.74) is 0. The van der Waals surface area contributed by atoms with Crippen LogP contribution < -0.4 is 0 Å². The summed E-state index contributed by atoms with van der Waals surface area (Å²) in [6.07, 6.45) is 9.69. The van der Waals surface area contributed by atoms with Gasteiger partial charge in [-0.1, -0.05) is 12.2 Å². The first kappa shape index (κ1) is 13.6. The Labute approximate surface area is 108 Å². The van der Waals surface area contributed by atoms with E-state index in [1.807, 2.05) is 0 Å². The van der Waals surface area contributed by atoms with Crippen molar-refractivity contribution in [3.05, 3.63) is 12.2 Å². The summed E-state index contributed by atoms with van der Waals surface area (Å²) < 4.78 is 5.83. The average Bonchev–Trinajstić information content (AvgIpc) is 2.93. The number of aliphatic hydroxyl groups excluding tert-OH is 1. The summed E-state index contributed by atoms with van der Waals surface area (Å²) in [4.78, 5) is 10.3. The van der Waals surface area contributed by atoms with Gasteiger partial charge in [0.25, 0.3) is 0 Å². The highest BCUT2D eigenvalue weighted by Gasteiger charge is 2.47. The molecule has 0 spiro atoms. The second-order valence-corrected chi connectivity index (χ2v) is 5.29. The molecular formula is C14H22O4. The highest BCUT2D eigenvalue weighted by molar-refractivity contribution is 5.66. The Balaban J connectivity index is 1.69. The van der Waals surface area contributed by atoms with Crippen molar-refractivity contribution in [3.63, 3.8) is 0 Å². The van der Waals surface area contributed by atoms with Crippen LogP contribution in [0.15, 0.2) is 12.2 Å². The van der Waals surface area contributed by atoms with E-state index in [0.717, 1.165) is 25.7 Å². The molecule has 2 N–H and O–H groups in total. The molecule has 4 heteroatoms. The predicted molar refractivity (Wildman–Crippen MR) is 67.2 cm³/mol. The number of unbranched alkanes of at least 4 members (excludes halogenated alkanes) is 1. The average molecular weight is 254 g/mol. The fraction of sp³-hybridized carbons (Fsp3) is 0.786. The van der Waals surface area contributed by atoms with Crippen molar-refractivity contribution in [1.29, 1.82) is 0 Å². The Kier molecular flexibility index (Phi) is 4.78. The predicted octanol–water partition coefficient (Wildman–Crippen LogP) is 1.97. The van der Waals surface area contributed by atoms with E-state index in [2.05, 4.69) is 12.2 Å². The molecular weight excluding hydrogens is 232 g/mol. The van der Waals surface area contributed by atoms with Gasteiger partial charge in [0.1, 0.15) is 0 Å². The summed E-state index contributed by atoms with van der Waals surface area (Å²) in [6, 6.07) is 0. The fourth-order valence-electron chi connectivity index (χ4n) is 3.19. The van der Waals surface area contributed by atoms with Crippen LogP contribution in [0.25, 0.3) is 0 Å². The third kappa shape index (κ3) is 3.12. The lowest BCUT2D eigenvalue weighted by molar-refractivity contribution is -0.137. The van der Waals surface area contributed by atoms with Gasteiger partial charge < -0.3 is 14.9 Å². The zero-order valence-electron chi connectivity index (χ0n) is 10.6. The molecule has 2 heterocycles. The van der Waals surface area contributed by atoms with Gasteiger partial charge in [-0.05, 0) is 38.0 Å². The Hall–Kier alpha value is -0.870. The fourth-order valence-corrected chi connectivity index (χ4v) is 3.19. The van der Waals surface area contributed by atoms with Crippen molar-refractivity contribution >= 4 is 5.97 Å². The first-order valence-corrected chi connectivity index (χ1v) is 6.85. The van der Waals surface area contributed by atoms with Gasteiger partial charge in [0.05, 0.1) is 12.2 Å². The number of aliphatic hydroxyl groups is 1.